The van der Waals surface area contributed by atoms with Gasteiger partial charge in [0.05, 0.1) is 27.8 Å². The van der Waals surface area contributed by atoms with Crippen molar-refractivity contribution in [2.45, 2.75) is 30.8 Å². The second-order valence-electron chi connectivity index (χ2n) is 7.88. The zero-order valence-electron chi connectivity index (χ0n) is 18.0. The normalized spacial score (nSPS) is 16.7. The number of nitrogens with zero attached hydrogens (tertiary/aromatic N) is 3. The Morgan fingerprint density at radius 3 is 2.56 bits per heavy atom. The molecule has 0 saturated carbocycles. The number of sulfonamides is 1. The lowest BCUT2D eigenvalue weighted by molar-refractivity contribution is 0.0917. The smallest absolute Gasteiger partial charge is 0.260 e. The van der Waals surface area contributed by atoms with Crippen LogP contribution in [0, 0.1) is 6.92 Å². The van der Waals surface area contributed by atoms with Gasteiger partial charge in [-0.1, -0.05) is 22.9 Å². The van der Waals surface area contributed by atoms with Crippen LogP contribution in [0.2, 0.25) is 5.02 Å². The molecule has 1 unspecified atom stereocenters. The van der Waals surface area contributed by atoms with Crippen molar-refractivity contribution in [1.29, 1.82) is 0 Å². The molecule has 0 N–H and O–H groups in total. The highest BCUT2D eigenvalue weighted by Crippen LogP contribution is 2.34. The van der Waals surface area contributed by atoms with E-state index in [-0.39, 0.29) is 16.9 Å². The number of aryl methyl sites for hydroxylation is 1. The Hall–Kier alpha value is -2.04. The summed E-state index contributed by atoms with van der Waals surface area (Å²) in [5, 5.41) is 1.19. The molecule has 10 heteroatoms. The third kappa shape index (κ3) is 4.40. The van der Waals surface area contributed by atoms with Crippen LogP contribution in [-0.2, 0) is 14.8 Å². The number of hydrogen-bond acceptors (Lipinski definition) is 6. The van der Waals surface area contributed by atoms with Crippen molar-refractivity contribution < 1.29 is 17.9 Å². The van der Waals surface area contributed by atoms with Gasteiger partial charge in [-0.2, -0.15) is 0 Å². The van der Waals surface area contributed by atoms with Gasteiger partial charge in [-0.15, -0.1) is 0 Å². The maximum absolute atomic E-state index is 13.5. The highest BCUT2D eigenvalue weighted by molar-refractivity contribution is 7.89. The number of ether oxygens (including phenoxy) is 1. The van der Waals surface area contributed by atoms with Crippen molar-refractivity contribution in [3.63, 3.8) is 0 Å². The molecule has 0 spiro atoms. The van der Waals surface area contributed by atoms with Crippen LogP contribution in [0.3, 0.4) is 0 Å². The Bertz CT molecular complexity index is 1250. The summed E-state index contributed by atoms with van der Waals surface area (Å²) in [4.78, 5) is 20.0. The number of thiazole rings is 1. The maximum Gasteiger partial charge on any atom is 0.260 e. The van der Waals surface area contributed by atoms with Crippen molar-refractivity contribution in [2.75, 3.05) is 32.1 Å². The van der Waals surface area contributed by atoms with Crippen LogP contribution in [0.15, 0.2) is 41.3 Å². The molecule has 1 saturated heterocycles. The first-order chi connectivity index (χ1) is 15.2. The van der Waals surface area contributed by atoms with Gasteiger partial charge >= 0.3 is 0 Å². The molecule has 32 heavy (non-hydrogen) atoms. The SMILES string of the molecule is Cc1c(Cl)ccc2sc(N(CC3CCCO3)C(=O)c3ccc(S(=O)(=O)N(C)C)cc3)nc12. The summed E-state index contributed by atoms with van der Waals surface area (Å²) in [6.07, 6.45) is 1.77. The molecule has 3 aromatic rings. The Morgan fingerprint density at radius 2 is 1.94 bits per heavy atom. The summed E-state index contributed by atoms with van der Waals surface area (Å²) in [5.74, 6) is -0.253. The summed E-state index contributed by atoms with van der Waals surface area (Å²) in [6, 6.07) is 9.72. The van der Waals surface area contributed by atoms with E-state index in [9.17, 15) is 13.2 Å². The van der Waals surface area contributed by atoms with Crippen molar-refractivity contribution in [2.24, 2.45) is 0 Å². The van der Waals surface area contributed by atoms with E-state index in [1.54, 1.807) is 4.90 Å². The number of halogens is 1. The number of anilines is 1. The number of hydrogen-bond donors (Lipinski definition) is 0. The van der Waals surface area contributed by atoms with Crippen molar-refractivity contribution in [3.05, 3.63) is 52.5 Å². The molecule has 0 bridgehead atoms. The zero-order chi connectivity index (χ0) is 23.0. The standard InChI is InChI=1S/C22H24ClN3O4S2/c1-14-18(23)10-11-19-20(14)24-22(31-19)26(13-16-5-4-12-30-16)21(27)15-6-8-17(9-7-15)32(28,29)25(2)3/h6-11,16H,4-5,12-13H2,1-3H3. The quantitative estimate of drug-likeness (QED) is 0.510. The van der Waals surface area contributed by atoms with Crippen molar-refractivity contribution in [1.82, 2.24) is 9.29 Å². The van der Waals surface area contributed by atoms with Gasteiger partial charge in [-0.05, 0) is 61.7 Å². The Kier molecular flexibility index (Phi) is 6.56. The fourth-order valence-corrected chi connectivity index (χ4v) is 5.67. The number of fused-ring (bicyclic) bond motifs is 1. The lowest BCUT2D eigenvalue weighted by Crippen LogP contribution is -2.37. The molecule has 170 valence electrons. The van der Waals surface area contributed by atoms with Gasteiger partial charge < -0.3 is 4.74 Å². The molecule has 2 aromatic carbocycles. The lowest BCUT2D eigenvalue weighted by Gasteiger charge is -2.23. The highest BCUT2D eigenvalue weighted by atomic mass is 35.5. The summed E-state index contributed by atoms with van der Waals surface area (Å²) in [6.45, 7) is 2.96. The third-order valence-electron chi connectivity index (χ3n) is 5.50. The van der Waals surface area contributed by atoms with Crippen LogP contribution in [0.1, 0.15) is 28.8 Å². The number of benzene rings is 2. The second-order valence-corrected chi connectivity index (χ2v) is 11.4. The minimum Gasteiger partial charge on any atom is -0.376 e. The van der Waals surface area contributed by atoms with Crippen LogP contribution in [-0.4, -0.2) is 57.0 Å². The van der Waals surface area contributed by atoms with Gasteiger partial charge in [0, 0.05) is 31.3 Å². The molecule has 1 aliphatic heterocycles. The first-order valence-corrected chi connectivity index (χ1v) is 12.8. The van der Waals surface area contributed by atoms with Crippen LogP contribution in [0.5, 0.6) is 0 Å². The molecule has 4 rings (SSSR count). The Morgan fingerprint density at radius 1 is 1.22 bits per heavy atom. The average molecular weight is 494 g/mol. The van der Waals surface area contributed by atoms with Crippen molar-refractivity contribution in [3.8, 4) is 0 Å². The first-order valence-electron chi connectivity index (χ1n) is 10.2. The van der Waals surface area contributed by atoms with E-state index in [2.05, 4.69) is 0 Å². The van der Waals surface area contributed by atoms with Crippen LogP contribution >= 0.6 is 22.9 Å². The fraction of sp³-hybridized carbons (Fsp3) is 0.364. The van der Waals surface area contributed by atoms with Crippen LogP contribution < -0.4 is 4.90 Å². The van der Waals surface area contributed by atoms with E-state index in [0.717, 1.165) is 32.9 Å². The number of rotatable bonds is 6. The van der Waals surface area contributed by atoms with Crippen LogP contribution in [0.25, 0.3) is 10.2 Å². The number of amides is 1. The fourth-order valence-electron chi connectivity index (χ4n) is 3.58. The topological polar surface area (TPSA) is 79.8 Å². The number of carbonyl (C=O) groups is 1. The number of aromatic nitrogens is 1. The van der Waals surface area contributed by atoms with Gasteiger partial charge in [0.1, 0.15) is 0 Å². The molecular weight excluding hydrogens is 470 g/mol. The molecule has 1 fully saturated rings. The molecule has 0 aliphatic carbocycles. The van der Waals surface area contributed by atoms with E-state index in [4.69, 9.17) is 21.3 Å². The van der Waals surface area contributed by atoms with Gasteiger partial charge in [0.25, 0.3) is 5.91 Å². The number of carbonyl (C=O) groups excluding carboxylic acids is 1. The molecule has 1 amide bonds. The van der Waals surface area contributed by atoms with Crippen LogP contribution in [0.4, 0.5) is 5.13 Å². The van der Waals surface area contributed by atoms with E-state index in [0.29, 0.717) is 28.9 Å². The van der Waals surface area contributed by atoms with Gasteiger partial charge in [0.15, 0.2) is 5.13 Å². The van der Waals surface area contributed by atoms with Gasteiger partial charge in [0.2, 0.25) is 10.0 Å². The predicted molar refractivity (Wildman–Crippen MR) is 127 cm³/mol. The minimum atomic E-state index is -3.57. The summed E-state index contributed by atoms with van der Waals surface area (Å²) in [7, 11) is -0.628. The Balaban J connectivity index is 1.70. The highest BCUT2D eigenvalue weighted by Gasteiger charge is 2.28. The lowest BCUT2D eigenvalue weighted by atomic mass is 10.2. The van der Waals surface area contributed by atoms with E-state index in [1.807, 2.05) is 19.1 Å². The molecule has 1 aliphatic rings. The Labute approximate surface area is 196 Å². The molecule has 1 atom stereocenters. The van der Waals surface area contributed by atoms with E-state index < -0.39 is 10.0 Å². The van der Waals surface area contributed by atoms with E-state index >= 15 is 0 Å². The monoisotopic (exact) mass is 493 g/mol. The maximum atomic E-state index is 13.5. The van der Waals surface area contributed by atoms with E-state index in [1.165, 1.54) is 49.7 Å². The van der Waals surface area contributed by atoms with Crippen molar-refractivity contribution >= 4 is 54.2 Å². The first kappa shape index (κ1) is 23.1. The van der Waals surface area contributed by atoms with Gasteiger partial charge in [-0.25, -0.2) is 17.7 Å². The second kappa shape index (κ2) is 9.07. The third-order valence-corrected chi connectivity index (χ3v) is 8.79. The molecule has 1 aromatic heterocycles. The largest absolute Gasteiger partial charge is 0.376 e. The minimum absolute atomic E-state index is 0.0657. The van der Waals surface area contributed by atoms with Gasteiger partial charge in [-0.3, -0.25) is 9.69 Å². The summed E-state index contributed by atoms with van der Waals surface area (Å²) in [5.41, 5.74) is 2.03. The summed E-state index contributed by atoms with van der Waals surface area (Å²) >= 11 is 7.68. The average Bonchev–Trinajstić information content (AvgIpc) is 3.44. The summed E-state index contributed by atoms with van der Waals surface area (Å²) < 4.78 is 32.6. The molecular formula is C22H24ClN3O4S2. The predicted octanol–water partition coefficient (Wildman–Crippen LogP) is 4.33. The molecule has 7 nitrogen and oxygen atoms in total. The molecule has 2 heterocycles. The zero-order valence-corrected chi connectivity index (χ0v) is 20.4. The molecule has 0 radical (unpaired) electrons.